The van der Waals surface area contributed by atoms with Crippen LogP contribution in [0.4, 0.5) is 0 Å². The molecule has 2 aromatic rings. The van der Waals surface area contributed by atoms with Gasteiger partial charge in [-0.05, 0) is 118 Å². The topological polar surface area (TPSA) is 25.3 Å². The summed E-state index contributed by atoms with van der Waals surface area (Å²) in [7, 11) is 0. The zero-order valence-corrected chi connectivity index (χ0v) is 30.1. The molecule has 0 radical (unpaired) electrons. The first-order chi connectivity index (χ1) is 21.0. The summed E-state index contributed by atoms with van der Waals surface area (Å²) in [6.45, 7) is 13.6. The van der Waals surface area contributed by atoms with Crippen LogP contribution < -0.4 is 0 Å². The Kier molecular flexibility index (Phi) is 18.2. The van der Waals surface area contributed by atoms with Crippen LogP contribution in [0.5, 0.6) is 0 Å². The molecular formula is C41H62N2Ni. The van der Waals surface area contributed by atoms with E-state index in [1.54, 1.807) is 4.70 Å². The van der Waals surface area contributed by atoms with Gasteiger partial charge in [-0.1, -0.05) is 105 Å². The maximum Gasteiger partial charge on any atom is 0.211 e. The third-order valence-corrected chi connectivity index (χ3v) is 9.23. The van der Waals surface area contributed by atoms with Crippen molar-refractivity contribution in [3.63, 3.8) is 0 Å². The van der Waals surface area contributed by atoms with Crippen LogP contribution in [0, 0.1) is 0 Å². The second-order valence-electron chi connectivity index (χ2n) is 13.1. The molecule has 0 amide bonds. The molecule has 0 saturated heterocycles. The molecule has 0 aliphatic carbocycles. The van der Waals surface area contributed by atoms with Gasteiger partial charge in [-0.15, -0.1) is 0 Å². The van der Waals surface area contributed by atoms with Gasteiger partial charge in [-0.25, -0.2) is 4.70 Å². The molecule has 246 valence electrons. The monoisotopic (exact) mass is 640 g/mol. The maximum absolute atomic E-state index is 12.1. The number of rotatable bonds is 21. The first-order valence-electron chi connectivity index (χ1n) is 18.2. The molecule has 3 heteroatoms. The number of unbranched alkanes of at least 4 members (excludes halogenated alkanes) is 9. The van der Waals surface area contributed by atoms with Crippen LogP contribution in [0.15, 0.2) is 47.5 Å². The fourth-order valence-corrected chi connectivity index (χ4v) is 6.71. The first-order valence-corrected chi connectivity index (χ1v) is 18.2. The Balaban J connectivity index is 0.00000675. The van der Waals surface area contributed by atoms with Crippen molar-refractivity contribution >= 4 is 11.4 Å². The fraction of sp³-hybridized carbons (Fsp3) is 0.610. The third kappa shape index (κ3) is 11.1. The first kappa shape index (κ1) is 38.2. The average Bonchev–Trinajstić information content (AvgIpc) is 3.25. The standard InChI is InChI=1S/C41H62N2.Ni/c1-7-12-17-21-33-26-34(22-18-13-8-2)29-37(28-33)40-32(6)39(25-16-11-5)41(43(40)42)38-30-35(23-19-14-9-3)27-36(31-38)24-20-15-10-4;/h26-31H,7-25H2,1-6H3;. The molecule has 0 saturated carbocycles. The van der Waals surface area contributed by atoms with E-state index in [0.717, 1.165) is 56.3 Å². The molecule has 0 unspecified atom stereocenters. The number of benzene rings is 2. The van der Waals surface area contributed by atoms with Crippen molar-refractivity contribution in [2.45, 2.75) is 164 Å². The molecule has 0 bridgehead atoms. The smallest absolute Gasteiger partial charge is 0.211 e. The van der Waals surface area contributed by atoms with Crippen molar-refractivity contribution in [3.05, 3.63) is 86.5 Å². The summed E-state index contributed by atoms with van der Waals surface area (Å²) in [4.78, 5) is 0. The summed E-state index contributed by atoms with van der Waals surface area (Å²) in [5.74, 6) is 0. The Morgan fingerprint density at radius 1 is 0.455 bits per heavy atom. The van der Waals surface area contributed by atoms with E-state index < -0.39 is 0 Å². The van der Waals surface area contributed by atoms with E-state index in [9.17, 15) is 5.53 Å². The molecule has 0 spiro atoms. The van der Waals surface area contributed by atoms with Gasteiger partial charge in [0.2, 0.25) is 11.4 Å². The average molecular weight is 642 g/mol. The van der Waals surface area contributed by atoms with Gasteiger partial charge < -0.3 is 5.53 Å². The van der Waals surface area contributed by atoms with Gasteiger partial charge in [-0.3, -0.25) is 0 Å². The number of allylic oxidation sites excluding steroid dienone is 2. The van der Waals surface area contributed by atoms with Crippen molar-refractivity contribution in [2.75, 3.05) is 0 Å². The largest absolute Gasteiger partial charge is 0.493 e. The third-order valence-electron chi connectivity index (χ3n) is 9.23. The molecule has 1 heterocycles. The van der Waals surface area contributed by atoms with Gasteiger partial charge in [0.25, 0.3) is 0 Å². The van der Waals surface area contributed by atoms with Crippen LogP contribution in [0.25, 0.3) is 16.9 Å². The maximum atomic E-state index is 12.1. The Morgan fingerprint density at radius 2 is 0.795 bits per heavy atom. The summed E-state index contributed by atoms with van der Waals surface area (Å²) >= 11 is 0. The number of hydrogen-bond donors (Lipinski definition) is 0. The van der Waals surface area contributed by atoms with E-state index in [0.29, 0.717) is 0 Å². The second kappa shape index (κ2) is 20.9. The summed E-state index contributed by atoms with van der Waals surface area (Å²) < 4.78 is 1.59. The second-order valence-corrected chi connectivity index (χ2v) is 13.1. The molecule has 2 nitrogen and oxygen atoms in total. The molecular weight excluding hydrogens is 579 g/mol. The van der Waals surface area contributed by atoms with Gasteiger partial charge in [0.15, 0.2) is 0 Å². The quantitative estimate of drug-likeness (QED) is 0.0736. The van der Waals surface area contributed by atoms with Gasteiger partial charge in [0.05, 0.1) is 0 Å². The van der Waals surface area contributed by atoms with E-state index in [4.69, 9.17) is 0 Å². The molecule has 44 heavy (non-hydrogen) atoms. The van der Waals surface area contributed by atoms with Gasteiger partial charge >= 0.3 is 0 Å². The Hall–Kier alpha value is -1.99. The molecule has 1 aliphatic heterocycles. The van der Waals surface area contributed by atoms with Crippen LogP contribution >= 0.6 is 0 Å². The summed E-state index contributed by atoms with van der Waals surface area (Å²) in [5, 5.41) is 0. The summed E-state index contributed by atoms with van der Waals surface area (Å²) in [5.41, 5.74) is 24.8. The SMILES string of the molecule is CCCCCc1cc(CCCCC)cc(C2=C(C)C(CCCC)=C(c3cc(CCCCC)cc(CCCCC)c3)[N+]2=[N-])c1.[Ni]. The molecule has 2 aromatic carbocycles. The van der Waals surface area contributed by atoms with E-state index in [1.807, 2.05) is 0 Å². The Morgan fingerprint density at radius 3 is 1.14 bits per heavy atom. The molecule has 0 N–H and O–H groups in total. The van der Waals surface area contributed by atoms with Crippen LogP contribution in [-0.2, 0) is 42.2 Å². The fourth-order valence-electron chi connectivity index (χ4n) is 6.71. The Bertz CT molecular complexity index is 1180. The summed E-state index contributed by atoms with van der Waals surface area (Å²) in [6, 6.07) is 14.4. The minimum Gasteiger partial charge on any atom is -0.493 e. The number of hydrogen-bond acceptors (Lipinski definition) is 0. The normalized spacial score (nSPS) is 13.3. The van der Waals surface area contributed by atoms with Crippen LogP contribution in [0.2, 0.25) is 0 Å². The Labute approximate surface area is 281 Å². The zero-order chi connectivity index (χ0) is 31.0. The predicted octanol–water partition coefficient (Wildman–Crippen LogP) is 13.0. The number of nitrogens with zero attached hydrogens (tertiary/aromatic N) is 2. The minimum atomic E-state index is 0. The van der Waals surface area contributed by atoms with Crippen molar-refractivity contribution < 1.29 is 21.2 Å². The van der Waals surface area contributed by atoms with Crippen molar-refractivity contribution in [3.8, 4) is 0 Å². The van der Waals surface area contributed by atoms with Crippen molar-refractivity contribution in [2.24, 2.45) is 0 Å². The molecule has 0 atom stereocenters. The zero-order valence-electron chi connectivity index (χ0n) is 29.1. The summed E-state index contributed by atoms with van der Waals surface area (Å²) in [6.07, 6.45) is 22.7. The van der Waals surface area contributed by atoms with Gasteiger partial charge in [0, 0.05) is 38.8 Å². The molecule has 1 aliphatic rings. The van der Waals surface area contributed by atoms with Crippen LogP contribution in [-0.4, -0.2) is 4.70 Å². The van der Waals surface area contributed by atoms with Crippen LogP contribution in [0.1, 0.15) is 171 Å². The van der Waals surface area contributed by atoms with E-state index in [2.05, 4.69) is 77.9 Å². The van der Waals surface area contributed by atoms with Crippen molar-refractivity contribution in [1.29, 1.82) is 0 Å². The van der Waals surface area contributed by atoms with Gasteiger partial charge in [-0.2, -0.15) is 0 Å². The van der Waals surface area contributed by atoms with E-state index >= 15 is 0 Å². The molecule has 0 fully saturated rings. The van der Waals surface area contributed by atoms with E-state index in [1.165, 1.54) is 122 Å². The molecule has 0 aromatic heterocycles. The minimum absolute atomic E-state index is 0. The van der Waals surface area contributed by atoms with Crippen molar-refractivity contribution in [1.82, 2.24) is 0 Å². The van der Waals surface area contributed by atoms with Crippen LogP contribution in [0.3, 0.4) is 0 Å². The number of aryl methyl sites for hydroxylation is 4. The predicted molar refractivity (Wildman–Crippen MR) is 188 cm³/mol. The van der Waals surface area contributed by atoms with E-state index in [-0.39, 0.29) is 16.5 Å². The molecule has 3 rings (SSSR count). The van der Waals surface area contributed by atoms with Gasteiger partial charge in [0.1, 0.15) is 0 Å².